The SMILES string of the molecule is NNC(Cc1cn2ccsc2n1)c1cc(F)cc(Br)c1. The van der Waals surface area contributed by atoms with E-state index in [9.17, 15) is 4.39 Å². The van der Waals surface area contributed by atoms with Gasteiger partial charge in [-0.1, -0.05) is 15.9 Å². The quantitative estimate of drug-likeness (QED) is 0.559. The molecule has 2 aromatic heterocycles. The summed E-state index contributed by atoms with van der Waals surface area (Å²) in [4.78, 5) is 5.45. The number of thiazole rings is 1. The minimum atomic E-state index is -0.291. The van der Waals surface area contributed by atoms with E-state index in [0.717, 1.165) is 16.2 Å². The summed E-state index contributed by atoms with van der Waals surface area (Å²) in [5.41, 5.74) is 4.43. The smallest absolute Gasteiger partial charge is 0.193 e. The Labute approximate surface area is 127 Å². The number of hydrogen-bond donors (Lipinski definition) is 2. The second-order valence-corrected chi connectivity index (χ2v) is 6.24. The molecule has 20 heavy (non-hydrogen) atoms. The first-order valence-electron chi connectivity index (χ1n) is 5.99. The fraction of sp³-hybridized carbons (Fsp3) is 0.154. The third-order valence-corrected chi connectivity index (χ3v) is 4.27. The Bertz CT molecular complexity index is 690. The van der Waals surface area contributed by atoms with E-state index in [2.05, 4.69) is 26.3 Å². The van der Waals surface area contributed by atoms with Crippen molar-refractivity contribution < 1.29 is 4.39 Å². The molecule has 0 fully saturated rings. The number of benzene rings is 1. The minimum Gasteiger partial charge on any atom is -0.297 e. The van der Waals surface area contributed by atoms with E-state index in [1.807, 2.05) is 28.2 Å². The van der Waals surface area contributed by atoms with Gasteiger partial charge in [0.25, 0.3) is 0 Å². The van der Waals surface area contributed by atoms with Crippen molar-refractivity contribution in [2.75, 3.05) is 0 Å². The second kappa shape index (κ2) is 5.61. The highest BCUT2D eigenvalue weighted by atomic mass is 79.9. The van der Waals surface area contributed by atoms with Gasteiger partial charge in [0.15, 0.2) is 4.96 Å². The summed E-state index contributed by atoms with van der Waals surface area (Å²) in [6.45, 7) is 0. The van der Waals surface area contributed by atoms with Gasteiger partial charge in [-0.3, -0.25) is 15.7 Å². The monoisotopic (exact) mass is 354 g/mol. The lowest BCUT2D eigenvalue weighted by Crippen LogP contribution is -2.29. The molecular weight excluding hydrogens is 343 g/mol. The van der Waals surface area contributed by atoms with E-state index >= 15 is 0 Å². The number of aromatic nitrogens is 2. The van der Waals surface area contributed by atoms with Gasteiger partial charge in [0.2, 0.25) is 0 Å². The van der Waals surface area contributed by atoms with Crippen molar-refractivity contribution in [1.82, 2.24) is 14.8 Å². The van der Waals surface area contributed by atoms with Crippen molar-refractivity contribution in [2.24, 2.45) is 5.84 Å². The lowest BCUT2D eigenvalue weighted by Gasteiger charge is -2.15. The Morgan fingerprint density at radius 3 is 3.00 bits per heavy atom. The predicted octanol–water partition coefficient (Wildman–Crippen LogP) is 3.04. The van der Waals surface area contributed by atoms with Crippen molar-refractivity contribution in [1.29, 1.82) is 0 Å². The van der Waals surface area contributed by atoms with Gasteiger partial charge in [0, 0.05) is 28.7 Å². The normalized spacial score (nSPS) is 12.9. The van der Waals surface area contributed by atoms with E-state index in [1.54, 1.807) is 11.3 Å². The molecule has 0 aliphatic heterocycles. The lowest BCUT2D eigenvalue weighted by atomic mass is 10.0. The molecule has 0 saturated heterocycles. The number of imidazole rings is 1. The van der Waals surface area contributed by atoms with Crippen molar-refractivity contribution in [3.8, 4) is 0 Å². The van der Waals surface area contributed by atoms with Crippen LogP contribution in [0.15, 0.2) is 40.4 Å². The second-order valence-electron chi connectivity index (χ2n) is 4.45. The number of fused-ring (bicyclic) bond motifs is 1. The van der Waals surface area contributed by atoms with Crippen LogP contribution in [0.5, 0.6) is 0 Å². The van der Waals surface area contributed by atoms with Crippen molar-refractivity contribution in [3.63, 3.8) is 0 Å². The Morgan fingerprint density at radius 2 is 2.30 bits per heavy atom. The van der Waals surface area contributed by atoms with Crippen LogP contribution in [-0.4, -0.2) is 9.38 Å². The number of rotatable bonds is 4. The van der Waals surface area contributed by atoms with Crippen LogP contribution in [0.4, 0.5) is 4.39 Å². The highest BCUT2D eigenvalue weighted by Gasteiger charge is 2.14. The Morgan fingerprint density at radius 1 is 1.45 bits per heavy atom. The molecule has 0 amide bonds. The zero-order valence-corrected chi connectivity index (χ0v) is 12.8. The summed E-state index contributed by atoms with van der Waals surface area (Å²) < 4.78 is 16.1. The minimum absolute atomic E-state index is 0.188. The van der Waals surface area contributed by atoms with Crippen LogP contribution >= 0.6 is 27.3 Å². The molecule has 0 bridgehead atoms. The first-order valence-corrected chi connectivity index (χ1v) is 7.66. The Kier molecular flexibility index (Phi) is 3.84. The van der Waals surface area contributed by atoms with Gasteiger partial charge in [-0.2, -0.15) is 0 Å². The van der Waals surface area contributed by atoms with Crippen LogP contribution in [0.1, 0.15) is 17.3 Å². The van der Waals surface area contributed by atoms with Crippen molar-refractivity contribution in [2.45, 2.75) is 12.5 Å². The maximum absolute atomic E-state index is 13.5. The van der Waals surface area contributed by atoms with Crippen LogP contribution in [0, 0.1) is 5.82 Å². The number of nitrogens with two attached hydrogens (primary N) is 1. The van der Waals surface area contributed by atoms with Crippen LogP contribution in [0.2, 0.25) is 0 Å². The van der Waals surface area contributed by atoms with E-state index < -0.39 is 0 Å². The fourth-order valence-corrected chi connectivity index (χ4v) is 3.33. The molecule has 1 unspecified atom stereocenters. The van der Waals surface area contributed by atoms with Crippen LogP contribution < -0.4 is 11.3 Å². The van der Waals surface area contributed by atoms with Crippen LogP contribution in [0.25, 0.3) is 4.96 Å². The van der Waals surface area contributed by atoms with E-state index in [1.165, 1.54) is 12.1 Å². The maximum Gasteiger partial charge on any atom is 0.193 e. The summed E-state index contributed by atoms with van der Waals surface area (Å²) >= 11 is 4.87. The molecule has 3 N–H and O–H groups in total. The molecule has 4 nitrogen and oxygen atoms in total. The molecule has 1 atom stereocenters. The third-order valence-electron chi connectivity index (χ3n) is 3.04. The third kappa shape index (κ3) is 2.76. The molecule has 2 heterocycles. The lowest BCUT2D eigenvalue weighted by molar-refractivity contribution is 0.540. The van der Waals surface area contributed by atoms with E-state index in [-0.39, 0.29) is 11.9 Å². The average Bonchev–Trinajstić information content (AvgIpc) is 2.95. The topological polar surface area (TPSA) is 55.3 Å². The fourth-order valence-electron chi connectivity index (χ4n) is 2.13. The van der Waals surface area contributed by atoms with Crippen molar-refractivity contribution >= 4 is 32.2 Å². The van der Waals surface area contributed by atoms with Gasteiger partial charge < -0.3 is 0 Å². The summed E-state index contributed by atoms with van der Waals surface area (Å²) in [5.74, 6) is 5.31. The molecule has 0 spiro atoms. The molecule has 0 aliphatic carbocycles. The van der Waals surface area contributed by atoms with E-state index in [4.69, 9.17) is 5.84 Å². The highest BCUT2D eigenvalue weighted by Crippen LogP contribution is 2.23. The summed E-state index contributed by atoms with van der Waals surface area (Å²) in [6, 6.07) is 4.57. The zero-order chi connectivity index (χ0) is 14.1. The maximum atomic E-state index is 13.5. The van der Waals surface area contributed by atoms with Crippen LogP contribution in [-0.2, 0) is 6.42 Å². The molecule has 3 aromatic rings. The standard InChI is InChI=1S/C13H12BrFN4S/c14-9-3-8(4-10(15)5-9)12(18-16)6-11-7-19-1-2-20-13(19)17-11/h1-5,7,12,18H,6,16H2. The first-order chi connectivity index (χ1) is 9.65. The van der Waals surface area contributed by atoms with Crippen LogP contribution in [0.3, 0.4) is 0 Å². The molecule has 1 aromatic carbocycles. The number of hydrazine groups is 1. The number of halogens is 2. The largest absolute Gasteiger partial charge is 0.297 e. The summed E-state index contributed by atoms with van der Waals surface area (Å²) in [7, 11) is 0. The molecular formula is C13H12BrFN4S. The zero-order valence-electron chi connectivity index (χ0n) is 10.4. The molecule has 7 heteroatoms. The van der Waals surface area contributed by atoms with Gasteiger partial charge in [-0.05, 0) is 23.8 Å². The van der Waals surface area contributed by atoms with E-state index in [0.29, 0.717) is 10.9 Å². The average molecular weight is 355 g/mol. The molecule has 3 rings (SSSR count). The number of nitrogens with zero attached hydrogens (tertiary/aromatic N) is 2. The summed E-state index contributed by atoms with van der Waals surface area (Å²) in [6.07, 6.45) is 4.52. The van der Waals surface area contributed by atoms with Gasteiger partial charge >= 0.3 is 0 Å². The van der Waals surface area contributed by atoms with Gasteiger partial charge in [-0.25, -0.2) is 9.37 Å². The molecule has 0 radical (unpaired) electrons. The molecule has 104 valence electrons. The summed E-state index contributed by atoms with van der Waals surface area (Å²) in [5, 5.41) is 1.98. The number of nitrogens with one attached hydrogen (secondary N) is 1. The number of hydrogen-bond acceptors (Lipinski definition) is 4. The highest BCUT2D eigenvalue weighted by molar-refractivity contribution is 9.10. The molecule has 0 saturated carbocycles. The Balaban J connectivity index is 1.87. The van der Waals surface area contributed by atoms with Gasteiger partial charge in [0.05, 0.1) is 11.7 Å². The predicted molar refractivity (Wildman–Crippen MR) is 80.9 cm³/mol. The molecule has 0 aliphatic rings. The van der Waals surface area contributed by atoms with Gasteiger partial charge in [-0.15, -0.1) is 11.3 Å². The van der Waals surface area contributed by atoms with Gasteiger partial charge in [0.1, 0.15) is 5.82 Å². The Hall–Kier alpha value is -1.28. The van der Waals surface area contributed by atoms with Crippen molar-refractivity contribution in [3.05, 3.63) is 57.5 Å². The first kappa shape index (κ1) is 13.7.